The summed E-state index contributed by atoms with van der Waals surface area (Å²) in [5.74, 6) is 1.07. The zero-order chi connectivity index (χ0) is 14.8. The van der Waals surface area contributed by atoms with Gasteiger partial charge in [-0.3, -0.25) is 0 Å². The fourth-order valence-corrected chi connectivity index (χ4v) is 3.00. The van der Waals surface area contributed by atoms with Crippen molar-refractivity contribution in [2.45, 2.75) is 4.90 Å². The summed E-state index contributed by atoms with van der Waals surface area (Å²) in [6, 6.07) is 4.71. The van der Waals surface area contributed by atoms with Gasteiger partial charge < -0.3 is 39.2 Å². The Morgan fingerprint density at radius 2 is 1.59 bits per heavy atom. The molecule has 0 atom stereocenters. The first-order valence-electron chi connectivity index (χ1n) is 6.42. The van der Waals surface area contributed by atoms with E-state index in [1.807, 2.05) is 19.0 Å². The topological polar surface area (TPSA) is 59.1 Å². The van der Waals surface area contributed by atoms with Crippen molar-refractivity contribution in [1.82, 2.24) is 9.21 Å². The molecule has 0 spiro atoms. The van der Waals surface area contributed by atoms with Gasteiger partial charge in [0.25, 0.3) is 0 Å². The lowest BCUT2D eigenvalue weighted by Crippen LogP contribution is -3.00. The van der Waals surface area contributed by atoms with Gasteiger partial charge in [0.15, 0.2) is 11.5 Å². The third-order valence-corrected chi connectivity index (χ3v) is 4.94. The van der Waals surface area contributed by atoms with E-state index < -0.39 is 10.0 Å². The Balaban J connectivity index is 0.00000220. The fraction of sp³-hybridized carbons (Fsp3) is 0.538. The lowest BCUT2D eigenvalue weighted by Gasteiger charge is -2.22. The van der Waals surface area contributed by atoms with Crippen LogP contribution in [-0.2, 0) is 10.0 Å². The maximum Gasteiger partial charge on any atom is 0.242 e. The fourth-order valence-electron chi connectivity index (χ4n) is 1.83. The normalized spacial score (nSPS) is 13.5. The van der Waals surface area contributed by atoms with Crippen LogP contribution in [0.25, 0.3) is 0 Å². The third-order valence-electron chi connectivity index (χ3n) is 3.08. The molecule has 2 rings (SSSR count). The lowest BCUT2D eigenvalue weighted by atomic mass is 10.3. The van der Waals surface area contributed by atoms with Crippen molar-refractivity contribution < 1.29 is 42.7 Å². The van der Waals surface area contributed by atoms with E-state index in [1.54, 1.807) is 19.2 Å². The Morgan fingerprint density at radius 1 is 1.00 bits per heavy atom. The largest absolute Gasteiger partial charge is 1.00 e. The average Bonchev–Trinajstić information content (AvgIpc) is 2.44. The molecule has 0 saturated heterocycles. The van der Waals surface area contributed by atoms with Crippen molar-refractivity contribution >= 4 is 10.0 Å². The van der Waals surface area contributed by atoms with Gasteiger partial charge in [0, 0.05) is 26.2 Å². The maximum atomic E-state index is 12.4. The first kappa shape index (κ1) is 21.3. The van der Waals surface area contributed by atoms with Crippen LogP contribution in [0.3, 0.4) is 0 Å². The van der Waals surface area contributed by atoms with E-state index in [2.05, 4.69) is 0 Å². The number of nitrogens with zero attached hydrogens (tertiary/aromatic N) is 2. The molecular weight excluding hydrogens is 351 g/mol. The van der Waals surface area contributed by atoms with Crippen molar-refractivity contribution in [3.63, 3.8) is 0 Å². The predicted octanol–water partition coefficient (Wildman–Crippen LogP) is -5.35. The Labute approximate surface area is 144 Å². The molecule has 1 aromatic rings. The quantitative estimate of drug-likeness (QED) is 0.518. The van der Waals surface area contributed by atoms with Crippen LogP contribution in [0.5, 0.6) is 11.5 Å². The van der Waals surface area contributed by atoms with Crippen LogP contribution in [-0.4, -0.2) is 65.1 Å². The summed E-state index contributed by atoms with van der Waals surface area (Å²) in [6.07, 6.45) is 0. The van der Waals surface area contributed by atoms with Crippen molar-refractivity contribution in [2.75, 3.05) is 47.4 Å². The van der Waals surface area contributed by atoms with E-state index in [-0.39, 0.29) is 29.7 Å². The highest BCUT2D eigenvalue weighted by Gasteiger charge is 2.23. The zero-order valence-corrected chi connectivity index (χ0v) is 15.1. The van der Waals surface area contributed by atoms with Gasteiger partial charge in [-0.05, 0) is 26.2 Å². The van der Waals surface area contributed by atoms with Gasteiger partial charge in [-0.25, -0.2) is 8.42 Å². The predicted molar refractivity (Wildman–Crippen MR) is 75.8 cm³/mol. The van der Waals surface area contributed by atoms with Crippen LogP contribution >= 0.6 is 0 Å². The minimum Gasteiger partial charge on any atom is -1.00 e. The van der Waals surface area contributed by atoms with Crippen LogP contribution in [0.15, 0.2) is 23.1 Å². The van der Waals surface area contributed by atoms with E-state index in [0.29, 0.717) is 37.8 Å². The first-order chi connectivity index (χ1) is 9.41. The molecule has 0 radical (unpaired) electrons. The van der Waals surface area contributed by atoms with Crippen LogP contribution in [0.4, 0.5) is 0 Å². The Morgan fingerprint density at radius 3 is 2.18 bits per heavy atom. The highest BCUT2D eigenvalue weighted by molar-refractivity contribution is 7.89. The number of halogens is 2. The molecule has 1 aromatic carbocycles. The molecule has 128 valence electrons. The van der Waals surface area contributed by atoms with Crippen LogP contribution in [0.1, 0.15) is 0 Å². The second kappa shape index (κ2) is 8.79. The number of benzene rings is 1. The standard InChI is InChI=1S/C13H20N2O4S.2ClH/c1-14(2)6-7-15(3)20(16,17)11-4-5-12-13(10-11)19-9-8-18-12;;/h4-5,10H,6-9H2,1-3H3;2*1H/p-2. The van der Waals surface area contributed by atoms with Crippen LogP contribution in [0, 0.1) is 0 Å². The molecule has 1 aliphatic rings. The van der Waals surface area contributed by atoms with Gasteiger partial charge in [0.1, 0.15) is 13.2 Å². The van der Waals surface area contributed by atoms with Gasteiger partial charge >= 0.3 is 0 Å². The van der Waals surface area contributed by atoms with Gasteiger partial charge in [-0.2, -0.15) is 4.31 Å². The summed E-state index contributed by atoms with van der Waals surface area (Å²) in [6.45, 7) is 2.03. The van der Waals surface area contributed by atoms with E-state index in [0.717, 1.165) is 0 Å². The number of hydrogen-bond donors (Lipinski definition) is 0. The molecule has 0 aliphatic carbocycles. The van der Waals surface area contributed by atoms with Crippen LogP contribution < -0.4 is 34.3 Å². The average molecular weight is 371 g/mol. The molecule has 0 saturated carbocycles. The molecule has 0 bridgehead atoms. The number of hydrogen-bond acceptors (Lipinski definition) is 5. The molecule has 22 heavy (non-hydrogen) atoms. The van der Waals surface area contributed by atoms with E-state index in [4.69, 9.17) is 9.47 Å². The molecule has 1 heterocycles. The first-order valence-corrected chi connectivity index (χ1v) is 7.86. The number of sulfonamides is 1. The molecule has 1 aliphatic heterocycles. The second-order valence-corrected chi connectivity index (χ2v) is 6.98. The highest BCUT2D eigenvalue weighted by Crippen LogP contribution is 2.32. The summed E-state index contributed by atoms with van der Waals surface area (Å²) in [5.41, 5.74) is 0. The Kier molecular flexibility index (Phi) is 8.49. The summed E-state index contributed by atoms with van der Waals surface area (Å²) in [4.78, 5) is 2.17. The SMILES string of the molecule is CN(C)CCN(C)S(=O)(=O)c1ccc2c(c1)OCCO2.[Cl-].[Cl-]. The van der Waals surface area contributed by atoms with E-state index in [1.165, 1.54) is 10.4 Å². The monoisotopic (exact) mass is 370 g/mol. The van der Waals surface area contributed by atoms with Crippen LogP contribution in [0.2, 0.25) is 0 Å². The molecular formula is C13H20Cl2N2O4S-2. The Hall–Kier alpha value is -0.730. The minimum absolute atomic E-state index is 0. The number of ether oxygens (including phenoxy) is 2. The van der Waals surface area contributed by atoms with Gasteiger partial charge in [-0.1, -0.05) is 0 Å². The van der Waals surface area contributed by atoms with E-state index in [9.17, 15) is 8.42 Å². The highest BCUT2D eigenvalue weighted by atomic mass is 35.5. The number of fused-ring (bicyclic) bond motifs is 1. The lowest BCUT2D eigenvalue weighted by molar-refractivity contribution is -0.001000. The second-order valence-electron chi connectivity index (χ2n) is 4.94. The number of likely N-dealkylation sites (N-methyl/N-ethyl adjacent to an activating group) is 2. The van der Waals surface area contributed by atoms with Crippen molar-refractivity contribution in [3.05, 3.63) is 18.2 Å². The molecule has 9 heteroatoms. The Bertz CT molecular complexity index is 581. The van der Waals surface area contributed by atoms with Crippen molar-refractivity contribution in [1.29, 1.82) is 0 Å². The molecule has 0 aromatic heterocycles. The van der Waals surface area contributed by atoms with Crippen molar-refractivity contribution in [3.8, 4) is 11.5 Å². The van der Waals surface area contributed by atoms with Gasteiger partial charge in [0.05, 0.1) is 4.90 Å². The molecule has 0 fully saturated rings. The zero-order valence-electron chi connectivity index (χ0n) is 12.8. The molecule has 0 N–H and O–H groups in total. The summed E-state index contributed by atoms with van der Waals surface area (Å²) >= 11 is 0. The summed E-state index contributed by atoms with van der Waals surface area (Å²) < 4.78 is 37.0. The van der Waals surface area contributed by atoms with Gasteiger partial charge in [0.2, 0.25) is 10.0 Å². The summed E-state index contributed by atoms with van der Waals surface area (Å²) in [7, 11) is 1.90. The number of rotatable bonds is 5. The van der Waals surface area contributed by atoms with E-state index >= 15 is 0 Å². The van der Waals surface area contributed by atoms with Gasteiger partial charge in [-0.15, -0.1) is 0 Å². The maximum absolute atomic E-state index is 12.4. The third kappa shape index (κ3) is 4.89. The molecule has 6 nitrogen and oxygen atoms in total. The molecule has 0 amide bonds. The molecule has 0 unspecified atom stereocenters. The smallest absolute Gasteiger partial charge is 0.242 e. The summed E-state index contributed by atoms with van der Waals surface area (Å²) in [5, 5.41) is 0. The van der Waals surface area contributed by atoms with Crippen molar-refractivity contribution in [2.24, 2.45) is 0 Å². The minimum atomic E-state index is -3.50.